The SMILES string of the molecule is O=C(O)C(F)F.O=C(OC(=O)C(F)(F)F)C(F)(F)F. The van der Waals surface area contributed by atoms with E-state index in [4.69, 9.17) is 9.90 Å². The molecule has 0 saturated heterocycles. The highest BCUT2D eigenvalue weighted by atomic mass is 19.4. The molecule has 0 aliphatic heterocycles. The number of esters is 2. The molecule has 0 bridgehead atoms. The molecule has 0 fully saturated rings. The Labute approximate surface area is 97.3 Å². The van der Waals surface area contributed by atoms with Crippen LogP contribution < -0.4 is 0 Å². The lowest BCUT2D eigenvalue weighted by molar-refractivity contribution is -0.221. The van der Waals surface area contributed by atoms with Gasteiger partial charge in [0.25, 0.3) is 0 Å². The average Bonchev–Trinajstić information content (AvgIpc) is 2.15. The lowest BCUT2D eigenvalue weighted by atomic mass is 10.6. The van der Waals surface area contributed by atoms with Crippen molar-refractivity contribution in [3.63, 3.8) is 0 Å². The minimum absolute atomic E-state index is 2.07. The highest BCUT2D eigenvalue weighted by Gasteiger charge is 2.49. The molecular formula is C6H2F8O5. The van der Waals surface area contributed by atoms with Gasteiger partial charge in [0, 0.05) is 0 Å². The first-order valence-corrected chi connectivity index (χ1v) is 3.60. The predicted molar refractivity (Wildman–Crippen MR) is 36.8 cm³/mol. The van der Waals surface area contributed by atoms with Crippen molar-refractivity contribution in [1.29, 1.82) is 0 Å². The van der Waals surface area contributed by atoms with Crippen molar-refractivity contribution in [3.8, 4) is 0 Å². The van der Waals surface area contributed by atoms with E-state index < -0.39 is 36.7 Å². The summed E-state index contributed by atoms with van der Waals surface area (Å²) in [5.41, 5.74) is 0. The standard InChI is InChI=1S/C4F6O3.C2H2F2O2/c5-3(6,7)1(11)13-2(12)4(8,9)10;3-1(4)2(5)6/h;1H,(H,5,6). The number of aliphatic carboxylic acids is 1. The highest BCUT2D eigenvalue weighted by Crippen LogP contribution is 2.21. The third-order valence-corrected chi connectivity index (χ3v) is 0.835. The zero-order valence-electron chi connectivity index (χ0n) is 8.18. The zero-order chi connectivity index (χ0) is 16.0. The fourth-order valence-electron chi connectivity index (χ4n) is 0.200. The maximum Gasteiger partial charge on any atom is 0.491 e. The van der Waals surface area contributed by atoms with Crippen LogP contribution in [0.15, 0.2) is 0 Å². The number of halogens is 8. The second-order valence-corrected chi connectivity index (χ2v) is 2.31. The molecular weight excluding hydrogens is 304 g/mol. The first-order valence-electron chi connectivity index (χ1n) is 3.60. The minimum Gasteiger partial charge on any atom is -0.477 e. The van der Waals surface area contributed by atoms with Crippen LogP contribution in [0.5, 0.6) is 0 Å². The molecule has 0 aromatic heterocycles. The summed E-state index contributed by atoms with van der Waals surface area (Å²) < 4.78 is 90.8. The molecule has 0 amide bonds. The van der Waals surface area contributed by atoms with E-state index in [2.05, 4.69) is 4.74 Å². The topological polar surface area (TPSA) is 80.7 Å². The molecule has 0 aliphatic rings. The summed E-state index contributed by atoms with van der Waals surface area (Å²) in [5.74, 6) is -8.47. The van der Waals surface area contributed by atoms with Gasteiger partial charge in [0.1, 0.15) is 0 Å². The monoisotopic (exact) mass is 306 g/mol. The minimum atomic E-state index is -5.62. The summed E-state index contributed by atoms with van der Waals surface area (Å²) in [5, 5.41) is 7.24. The molecule has 0 aromatic carbocycles. The number of carboxylic acids is 1. The smallest absolute Gasteiger partial charge is 0.477 e. The van der Waals surface area contributed by atoms with E-state index >= 15 is 0 Å². The number of carboxylic acid groups (broad SMARTS) is 1. The average molecular weight is 306 g/mol. The van der Waals surface area contributed by atoms with Gasteiger partial charge < -0.3 is 9.84 Å². The third-order valence-electron chi connectivity index (χ3n) is 0.835. The Morgan fingerprint density at radius 3 is 1.16 bits per heavy atom. The van der Waals surface area contributed by atoms with E-state index in [0.29, 0.717) is 0 Å². The van der Waals surface area contributed by atoms with Gasteiger partial charge in [-0.25, -0.2) is 14.4 Å². The van der Waals surface area contributed by atoms with E-state index in [-0.39, 0.29) is 0 Å². The van der Waals surface area contributed by atoms with Crippen LogP contribution in [0, 0.1) is 0 Å². The number of ether oxygens (including phenoxy) is 1. The van der Waals surface area contributed by atoms with Crippen molar-refractivity contribution in [2.75, 3.05) is 0 Å². The van der Waals surface area contributed by atoms with Crippen LogP contribution in [0.25, 0.3) is 0 Å². The summed E-state index contributed by atoms with van der Waals surface area (Å²) in [7, 11) is 0. The Morgan fingerprint density at radius 1 is 0.842 bits per heavy atom. The van der Waals surface area contributed by atoms with E-state index in [1.807, 2.05) is 0 Å². The van der Waals surface area contributed by atoms with Gasteiger partial charge in [0.2, 0.25) is 0 Å². The van der Waals surface area contributed by atoms with Crippen molar-refractivity contribution in [2.24, 2.45) is 0 Å². The second-order valence-electron chi connectivity index (χ2n) is 2.31. The first kappa shape index (κ1) is 19.4. The fraction of sp³-hybridized carbons (Fsp3) is 0.500. The van der Waals surface area contributed by atoms with Crippen molar-refractivity contribution >= 4 is 17.9 Å². The molecule has 0 aliphatic carbocycles. The van der Waals surface area contributed by atoms with Crippen LogP contribution in [-0.2, 0) is 19.1 Å². The molecule has 5 nitrogen and oxygen atoms in total. The van der Waals surface area contributed by atoms with Gasteiger partial charge in [0.05, 0.1) is 0 Å². The Kier molecular flexibility index (Phi) is 6.98. The van der Waals surface area contributed by atoms with Gasteiger partial charge in [0.15, 0.2) is 0 Å². The van der Waals surface area contributed by atoms with Crippen molar-refractivity contribution < 1.29 is 59.4 Å². The van der Waals surface area contributed by atoms with Crippen molar-refractivity contribution in [3.05, 3.63) is 0 Å². The van der Waals surface area contributed by atoms with E-state index in [1.165, 1.54) is 0 Å². The van der Waals surface area contributed by atoms with Gasteiger partial charge in [-0.1, -0.05) is 0 Å². The van der Waals surface area contributed by atoms with Crippen LogP contribution in [0.2, 0.25) is 0 Å². The summed E-state index contributed by atoms with van der Waals surface area (Å²) in [6, 6.07) is 0. The largest absolute Gasteiger partial charge is 0.491 e. The van der Waals surface area contributed by atoms with Crippen LogP contribution in [0.4, 0.5) is 35.1 Å². The van der Waals surface area contributed by atoms with Gasteiger partial charge in [-0.3, -0.25) is 0 Å². The quantitative estimate of drug-likeness (QED) is 0.451. The van der Waals surface area contributed by atoms with Gasteiger partial charge in [-0.05, 0) is 0 Å². The number of rotatable bonds is 1. The summed E-state index contributed by atoms with van der Waals surface area (Å²) in [4.78, 5) is 28.3. The Balaban J connectivity index is 0. The van der Waals surface area contributed by atoms with Crippen LogP contribution in [0.3, 0.4) is 0 Å². The molecule has 0 radical (unpaired) electrons. The highest BCUT2D eigenvalue weighted by molar-refractivity contribution is 5.90. The molecule has 0 atom stereocenters. The number of alkyl halides is 8. The molecule has 1 N–H and O–H groups in total. The molecule has 112 valence electrons. The third kappa shape index (κ3) is 9.72. The van der Waals surface area contributed by atoms with E-state index in [0.717, 1.165) is 0 Å². The molecule has 0 heterocycles. The summed E-state index contributed by atoms with van der Waals surface area (Å²) in [6.07, 6.45) is -14.5. The van der Waals surface area contributed by atoms with Crippen LogP contribution in [0.1, 0.15) is 0 Å². The Hall–Kier alpha value is -1.95. The number of hydrogen-bond donors (Lipinski definition) is 1. The van der Waals surface area contributed by atoms with Crippen LogP contribution in [-0.4, -0.2) is 41.8 Å². The molecule has 0 saturated carbocycles. The lowest BCUT2D eigenvalue weighted by Crippen LogP contribution is -2.34. The molecule has 19 heavy (non-hydrogen) atoms. The summed E-state index contributed by atoms with van der Waals surface area (Å²) >= 11 is 0. The van der Waals surface area contributed by atoms with E-state index in [9.17, 15) is 44.7 Å². The molecule has 0 rings (SSSR count). The maximum absolute atomic E-state index is 11.2. The van der Waals surface area contributed by atoms with Crippen molar-refractivity contribution in [1.82, 2.24) is 0 Å². The van der Waals surface area contributed by atoms with E-state index in [1.54, 1.807) is 0 Å². The fourth-order valence-corrected chi connectivity index (χ4v) is 0.200. The molecule has 13 heteroatoms. The van der Waals surface area contributed by atoms with Gasteiger partial charge in [-0.15, -0.1) is 0 Å². The van der Waals surface area contributed by atoms with Gasteiger partial charge in [-0.2, -0.15) is 35.1 Å². The lowest BCUT2D eigenvalue weighted by Gasteiger charge is -2.06. The second kappa shape index (κ2) is 6.84. The van der Waals surface area contributed by atoms with Crippen LogP contribution >= 0.6 is 0 Å². The molecule has 0 spiro atoms. The Bertz CT molecular complexity index is 319. The predicted octanol–water partition coefficient (Wildman–Crippen LogP) is 1.52. The number of hydrogen-bond acceptors (Lipinski definition) is 4. The first-order chi connectivity index (χ1) is 8.19. The zero-order valence-corrected chi connectivity index (χ0v) is 8.18. The maximum atomic E-state index is 11.2. The normalized spacial score (nSPS) is 11.4. The van der Waals surface area contributed by atoms with Crippen molar-refractivity contribution in [2.45, 2.75) is 18.8 Å². The number of carbonyl (C=O) groups is 3. The Morgan fingerprint density at radius 2 is 1.05 bits per heavy atom. The molecule has 0 aromatic rings. The number of carbonyl (C=O) groups excluding carboxylic acids is 2. The van der Waals surface area contributed by atoms with Gasteiger partial charge >= 0.3 is 36.7 Å². The summed E-state index contributed by atoms with van der Waals surface area (Å²) in [6.45, 7) is 0. The molecule has 0 unspecified atom stereocenters.